The van der Waals surface area contributed by atoms with Gasteiger partial charge in [0.1, 0.15) is 5.60 Å². The summed E-state index contributed by atoms with van der Waals surface area (Å²) >= 11 is 0. The highest BCUT2D eigenvalue weighted by molar-refractivity contribution is 5.68. The molecule has 0 bridgehead atoms. The van der Waals surface area contributed by atoms with E-state index in [2.05, 4.69) is 17.1 Å². The van der Waals surface area contributed by atoms with Gasteiger partial charge in [-0.15, -0.1) is 0 Å². The number of piperidine rings is 1. The van der Waals surface area contributed by atoms with Gasteiger partial charge in [-0.05, 0) is 85.0 Å². The first-order chi connectivity index (χ1) is 11.4. The number of ether oxygens (including phenoxy) is 1. The Morgan fingerprint density at radius 3 is 2.42 bits per heavy atom. The van der Waals surface area contributed by atoms with E-state index in [1.54, 1.807) is 0 Å². The number of hydrogen-bond donors (Lipinski definition) is 1. The molecule has 0 saturated carbocycles. The van der Waals surface area contributed by atoms with Gasteiger partial charge in [0.25, 0.3) is 0 Å². The summed E-state index contributed by atoms with van der Waals surface area (Å²) in [6.45, 7) is 14.5. The lowest BCUT2D eigenvalue weighted by Gasteiger charge is -2.32. The Labute approximate surface area is 148 Å². The van der Waals surface area contributed by atoms with Crippen LogP contribution in [0.5, 0.6) is 0 Å². The quantitative estimate of drug-likeness (QED) is 0.855. The Balaban J connectivity index is 1.69. The second kappa shape index (κ2) is 9.04. The van der Waals surface area contributed by atoms with E-state index in [9.17, 15) is 4.79 Å². The molecule has 0 aromatic carbocycles. The third-order valence-electron chi connectivity index (χ3n) is 5.23. The van der Waals surface area contributed by atoms with E-state index in [1.165, 1.54) is 32.5 Å². The van der Waals surface area contributed by atoms with Crippen molar-refractivity contribution in [1.29, 1.82) is 0 Å². The Morgan fingerprint density at radius 2 is 1.79 bits per heavy atom. The summed E-state index contributed by atoms with van der Waals surface area (Å²) in [5.41, 5.74) is -0.408. The van der Waals surface area contributed by atoms with Crippen LogP contribution >= 0.6 is 0 Å². The van der Waals surface area contributed by atoms with Crippen molar-refractivity contribution in [2.75, 3.05) is 39.3 Å². The number of nitrogens with zero attached hydrogens (tertiary/aromatic N) is 2. The molecule has 1 N–H and O–H groups in total. The fraction of sp³-hybridized carbons (Fsp3) is 0.947. The topological polar surface area (TPSA) is 44.8 Å². The van der Waals surface area contributed by atoms with Gasteiger partial charge >= 0.3 is 6.09 Å². The predicted molar refractivity (Wildman–Crippen MR) is 98.3 cm³/mol. The molecule has 2 rings (SSSR count). The lowest BCUT2D eigenvalue weighted by Crippen LogP contribution is -2.40. The Bertz CT molecular complexity index is 387. The molecule has 0 aromatic heterocycles. The smallest absolute Gasteiger partial charge is 0.410 e. The fourth-order valence-corrected chi connectivity index (χ4v) is 3.65. The van der Waals surface area contributed by atoms with Crippen LogP contribution in [0, 0.1) is 5.92 Å². The van der Waals surface area contributed by atoms with E-state index < -0.39 is 5.60 Å². The largest absolute Gasteiger partial charge is 0.444 e. The average Bonchev–Trinajstić information content (AvgIpc) is 2.77. The van der Waals surface area contributed by atoms with Gasteiger partial charge in [0.05, 0.1) is 0 Å². The molecule has 2 aliphatic rings. The first kappa shape index (κ1) is 19.5. The monoisotopic (exact) mass is 339 g/mol. The second-order valence-electron chi connectivity index (χ2n) is 8.38. The van der Waals surface area contributed by atoms with Crippen LogP contribution in [-0.4, -0.2) is 66.8 Å². The van der Waals surface area contributed by atoms with Gasteiger partial charge in [-0.2, -0.15) is 0 Å². The van der Waals surface area contributed by atoms with E-state index in [0.717, 1.165) is 44.8 Å². The Kier molecular flexibility index (Phi) is 7.35. The first-order valence-corrected chi connectivity index (χ1v) is 9.81. The maximum absolute atomic E-state index is 12.2. The number of amides is 1. The van der Waals surface area contributed by atoms with Gasteiger partial charge in [-0.3, -0.25) is 0 Å². The minimum absolute atomic E-state index is 0.157. The molecule has 0 spiro atoms. The van der Waals surface area contributed by atoms with Gasteiger partial charge in [0.15, 0.2) is 0 Å². The maximum Gasteiger partial charge on any atom is 0.410 e. The number of likely N-dealkylation sites (tertiary alicyclic amines) is 2. The van der Waals surface area contributed by atoms with Crippen LogP contribution in [-0.2, 0) is 4.74 Å². The highest BCUT2D eigenvalue weighted by Crippen LogP contribution is 2.18. The molecule has 140 valence electrons. The lowest BCUT2D eigenvalue weighted by atomic mass is 9.96. The minimum Gasteiger partial charge on any atom is -0.444 e. The molecule has 1 atom stereocenters. The maximum atomic E-state index is 12.2. The van der Waals surface area contributed by atoms with Crippen LogP contribution < -0.4 is 5.32 Å². The molecule has 0 aliphatic carbocycles. The average molecular weight is 340 g/mol. The zero-order chi connectivity index (χ0) is 17.6. The van der Waals surface area contributed by atoms with Gasteiger partial charge in [-0.25, -0.2) is 4.79 Å². The fourth-order valence-electron chi connectivity index (χ4n) is 3.65. The molecule has 1 unspecified atom stereocenters. The van der Waals surface area contributed by atoms with Gasteiger partial charge in [-0.1, -0.05) is 6.92 Å². The van der Waals surface area contributed by atoms with Crippen molar-refractivity contribution in [3.8, 4) is 0 Å². The summed E-state index contributed by atoms with van der Waals surface area (Å²) in [5, 5.41) is 3.77. The van der Waals surface area contributed by atoms with Crippen molar-refractivity contribution in [3.63, 3.8) is 0 Å². The number of carbonyl (C=O) groups excluding carboxylic acids is 1. The second-order valence-corrected chi connectivity index (χ2v) is 8.38. The highest BCUT2D eigenvalue weighted by Gasteiger charge is 2.25. The van der Waals surface area contributed by atoms with Crippen molar-refractivity contribution >= 4 is 6.09 Å². The molecule has 24 heavy (non-hydrogen) atoms. The molecule has 2 heterocycles. The third kappa shape index (κ3) is 6.60. The summed E-state index contributed by atoms with van der Waals surface area (Å²) in [6, 6.07) is 0.543. The highest BCUT2D eigenvalue weighted by atomic mass is 16.6. The summed E-state index contributed by atoms with van der Waals surface area (Å²) < 4.78 is 5.51. The van der Waals surface area contributed by atoms with Gasteiger partial charge in [0, 0.05) is 19.1 Å². The SMILES string of the molecule is CCN1CCC(CNC2CCCN(C(=O)OC(C)(C)C)CC2)CC1. The van der Waals surface area contributed by atoms with Crippen molar-refractivity contribution in [3.05, 3.63) is 0 Å². The normalized spacial score (nSPS) is 24.7. The predicted octanol–water partition coefficient (Wildman–Crippen LogP) is 3.10. The molecule has 1 amide bonds. The molecule has 5 heteroatoms. The van der Waals surface area contributed by atoms with Gasteiger partial charge in [0.2, 0.25) is 0 Å². The van der Waals surface area contributed by atoms with Crippen LogP contribution in [0.2, 0.25) is 0 Å². The number of rotatable bonds is 4. The molecular formula is C19H37N3O2. The van der Waals surface area contributed by atoms with Crippen molar-refractivity contribution in [2.45, 2.75) is 71.4 Å². The third-order valence-corrected chi connectivity index (χ3v) is 5.23. The molecular weight excluding hydrogens is 302 g/mol. The zero-order valence-electron chi connectivity index (χ0n) is 16.1. The van der Waals surface area contributed by atoms with Crippen LogP contribution in [0.3, 0.4) is 0 Å². The van der Waals surface area contributed by atoms with E-state index in [4.69, 9.17) is 4.74 Å². The zero-order valence-corrected chi connectivity index (χ0v) is 16.1. The van der Waals surface area contributed by atoms with Gasteiger partial charge < -0.3 is 19.9 Å². The summed E-state index contributed by atoms with van der Waals surface area (Å²) in [4.78, 5) is 16.6. The number of nitrogens with one attached hydrogen (secondary N) is 1. The molecule has 2 fully saturated rings. The van der Waals surface area contributed by atoms with Crippen LogP contribution in [0.1, 0.15) is 59.8 Å². The molecule has 0 aromatic rings. The lowest BCUT2D eigenvalue weighted by molar-refractivity contribution is 0.0256. The summed E-state index contributed by atoms with van der Waals surface area (Å²) in [5.74, 6) is 0.818. The van der Waals surface area contributed by atoms with E-state index in [0.29, 0.717) is 6.04 Å². The van der Waals surface area contributed by atoms with Crippen LogP contribution in [0.4, 0.5) is 4.79 Å². The van der Waals surface area contributed by atoms with E-state index in [-0.39, 0.29) is 6.09 Å². The van der Waals surface area contributed by atoms with E-state index >= 15 is 0 Å². The van der Waals surface area contributed by atoms with Crippen molar-refractivity contribution < 1.29 is 9.53 Å². The number of hydrogen-bond acceptors (Lipinski definition) is 4. The first-order valence-electron chi connectivity index (χ1n) is 9.81. The van der Waals surface area contributed by atoms with Crippen molar-refractivity contribution in [2.24, 2.45) is 5.92 Å². The standard InChI is InChI=1S/C19H37N3O2/c1-5-21-12-8-16(9-13-21)15-20-17-7-6-11-22(14-10-17)18(23)24-19(2,3)4/h16-17,20H,5-15H2,1-4H3. The summed E-state index contributed by atoms with van der Waals surface area (Å²) in [7, 11) is 0. The minimum atomic E-state index is -0.408. The molecule has 2 aliphatic heterocycles. The molecule has 5 nitrogen and oxygen atoms in total. The van der Waals surface area contributed by atoms with E-state index in [1.807, 2.05) is 25.7 Å². The van der Waals surface area contributed by atoms with Crippen LogP contribution in [0.25, 0.3) is 0 Å². The Hall–Kier alpha value is -0.810. The molecule has 0 radical (unpaired) electrons. The number of carbonyl (C=O) groups is 1. The van der Waals surface area contributed by atoms with Crippen molar-refractivity contribution in [1.82, 2.24) is 15.1 Å². The molecule has 2 saturated heterocycles. The summed E-state index contributed by atoms with van der Waals surface area (Å²) in [6.07, 6.45) is 5.73. The Morgan fingerprint density at radius 1 is 1.08 bits per heavy atom. The van der Waals surface area contributed by atoms with Crippen LogP contribution in [0.15, 0.2) is 0 Å².